The predicted octanol–water partition coefficient (Wildman–Crippen LogP) is 2.85. The Labute approximate surface area is 159 Å². The molecule has 0 atom stereocenters. The van der Waals surface area contributed by atoms with E-state index in [1.807, 2.05) is 36.4 Å². The molecule has 2 N–H and O–H groups in total. The summed E-state index contributed by atoms with van der Waals surface area (Å²) in [7, 11) is 1.63. The summed E-state index contributed by atoms with van der Waals surface area (Å²) in [5.41, 5.74) is 3.52. The minimum atomic E-state index is -0.215. The van der Waals surface area contributed by atoms with Crippen molar-refractivity contribution in [1.29, 1.82) is 0 Å². The van der Waals surface area contributed by atoms with Crippen molar-refractivity contribution in [3.63, 3.8) is 0 Å². The highest BCUT2D eigenvalue weighted by Gasteiger charge is 2.48. The number of nitrogens with one attached hydrogen (secondary N) is 2. The second-order valence-electron chi connectivity index (χ2n) is 7.49. The average Bonchev–Trinajstić information content (AvgIpc) is 2.63. The first-order valence-electron chi connectivity index (χ1n) is 9.21. The monoisotopic (exact) mass is 367 g/mol. The molecule has 2 amide bonds. The second kappa shape index (κ2) is 7.58. The molecule has 2 saturated heterocycles. The Hall–Kier alpha value is -2.57. The topological polar surface area (TPSA) is 62.8 Å². The van der Waals surface area contributed by atoms with E-state index in [0.29, 0.717) is 12.0 Å². The summed E-state index contributed by atoms with van der Waals surface area (Å²) in [6.07, 6.45) is 0. The number of methoxy groups -OCH3 is 1. The third-order valence-corrected chi connectivity index (χ3v) is 5.16. The standard InChI is InChI=1S/C21H25N3O3/c1-26-19-8-4-16(5-9-19)10-22-20(25)23-18-6-2-17(3-7-18)11-24-12-21(13-24)14-27-15-21/h2-9H,10-15H2,1H3,(H2,22,23,25). The Kier molecular flexibility index (Phi) is 5.01. The maximum Gasteiger partial charge on any atom is 0.319 e. The number of nitrogens with zero attached hydrogens (tertiary/aromatic N) is 1. The van der Waals surface area contributed by atoms with Crippen LogP contribution in [0.1, 0.15) is 11.1 Å². The average molecular weight is 367 g/mol. The van der Waals surface area contributed by atoms with Gasteiger partial charge >= 0.3 is 6.03 Å². The van der Waals surface area contributed by atoms with Gasteiger partial charge in [0.25, 0.3) is 0 Å². The van der Waals surface area contributed by atoms with E-state index in [9.17, 15) is 4.79 Å². The Morgan fingerprint density at radius 2 is 1.74 bits per heavy atom. The largest absolute Gasteiger partial charge is 0.497 e. The van der Waals surface area contributed by atoms with Crippen molar-refractivity contribution in [3.05, 3.63) is 59.7 Å². The molecule has 6 heteroatoms. The maximum absolute atomic E-state index is 12.1. The van der Waals surface area contributed by atoms with Crippen molar-refractivity contribution in [2.45, 2.75) is 13.1 Å². The van der Waals surface area contributed by atoms with Crippen molar-refractivity contribution in [3.8, 4) is 5.75 Å². The number of ether oxygens (including phenoxy) is 2. The molecule has 0 radical (unpaired) electrons. The van der Waals surface area contributed by atoms with Gasteiger partial charge in [0.2, 0.25) is 0 Å². The van der Waals surface area contributed by atoms with Crippen molar-refractivity contribution >= 4 is 11.7 Å². The second-order valence-corrected chi connectivity index (χ2v) is 7.49. The van der Waals surface area contributed by atoms with Crippen LogP contribution in [0.15, 0.2) is 48.5 Å². The zero-order chi connectivity index (χ0) is 18.7. The number of anilines is 1. The highest BCUT2D eigenvalue weighted by Crippen LogP contribution is 2.38. The molecule has 2 fully saturated rings. The number of carbonyl (C=O) groups is 1. The van der Waals surface area contributed by atoms with Crippen LogP contribution in [0.3, 0.4) is 0 Å². The van der Waals surface area contributed by atoms with Crippen LogP contribution in [0.5, 0.6) is 5.75 Å². The van der Waals surface area contributed by atoms with Gasteiger partial charge in [-0.25, -0.2) is 4.79 Å². The Balaban J connectivity index is 1.21. The smallest absolute Gasteiger partial charge is 0.319 e. The van der Waals surface area contributed by atoms with Gasteiger partial charge in [-0.05, 0) is 35.4 Å². The lowest BCUT2D eigenvalue weighted by atomic mass is 9.78. The molecule has 0 aromatic heterocycles. The molecular formula is C21H25N3O3. The van der Waals surface area contributed by atoms with Gasteiger partial charge in [-0.2, -0.15) is 0 Å². The molecule has 0 unspecified atom stereocenters. The van der Waals surface area contributed by atoms with Gasteiger partial charge in [-0.1, -0.05) is 24.3 Å². The van der Waals surface area contributed by atoms with Crippen LogP contribution in [0.2, 0.25) is 0 Å². The summed E-state index contributed by atoms with van der Waals surface area (Å²) in [5, 5.41) is 5.73. The van der Waals surface area contributed by atoms with Gasteiger partial charge in [0, 0.05) is 37.3 Å². The highest BCUT2D eigenvalue weighted by atomic mass is 16.5. The summed E-state index contributed by atoms with van der Waals surface area (Å²) in [6.45, 7) is 5.50. The van der Waals surface area contributed by atoms with Crippen molar-refractivity contribution in [2.24, 2.45) is 5.41 Å². The van der Waals surface area contributed by atoms with Gasteiger partial charge in [0.1, 0.15) is 5.75 Å². The van der Waals surface area contributed by atoms with Crippen LogP contribution in [-0.2, 0) is 17.8 Å². The summed E-state index contributed by atoms with van der Waals surface area (Å²) in [5.74, 6) is 0.803. The van der Waals surface area contributed by atoms with E-state index in [-0.39, 0.29) is 6.03 Å². The van der Waals surface area contributed by atoms with E-state index in [0.717, 1.165) is 49.8 Å². The predicted molar refractivity (Wildman–Crippen MR) is 104 cm³/mol. The van der Waals surface area contributed by atoms with E-state index >= 15 is 0 Å². The summed E-state index contributed by atoms with van der Waals surface area (Å²) >= 11 is 0. The number of likely N-dealkylation sites (tertiary alicyclic amines) is 1. The van der Waals surface area contributed by atoms with Crippen LogP contribution < -0.4 is 15.4 Å². The Morgan fingerprint density at radius 1 is 1.07 bits per heavy atom. The SMILES string of the molecule is COc1ccc(CNC(=O)Nc2ccc(CN3CC4(COC4)C3)cc2)cc1. The fourth-order valence-electron chi connectivity index (χ4n) is 3.64. The number of carbonyl (C=O) groups excluding carboxylic acids is 1. The third kappa shape index (κ3) is 4.23. The van der Waals surface area contributed by atoms with Crippen molar-refractivity contribution in [2.75, 3.05) is 38.7 Å². The first kappa shape index (κ1) is 17.8. The van der Waals surface area contributed by atoms with E-state index in [2.05, 4.69) is 27.7 Å². The van der Waals surface area contributed by atoms with Crippen LogP contribution in [0.4, 0.5) is 10.5 Å². The Bertz CT molecular complexity index is 777. The normalized spacial score (nSPS) is 17.7. The van der Waals surface area contributed by atoms with Crippen LogP contribution in [-0.4, -0.2) is 44.3 Å². The van der Waals surface area contributed by atoms with Crippen LogP contribution >= 0.6 is 0 Å². The summed E-state index contributed by atoms with van der Waals surface area (Å²) in [6, 6.07) is 15.5. The molecule has 1 spiro atoms. The molecule has 6 nitrogen and oxygen atoms in total. The quantitative estimate of drug-likeness (QED) is 0.824. The van der Waals surface area contributed by atoms with Crippen LogP contribution in [0, 0.1) is 5.41 Å². The fraction of sp³-hybridized carbons (Fsp3) is 0.381. The molecule has 2 aliphatic rings. The highest BCUT2D eigenvalue weighted by molar-refractivity contribution is 5.89. The summed E-state index contributed by atoms with van der Waals surface area (Å²) < 4.78 is 10.4. The van der Waals surface area contributed by atoms with Crippen molar-refractivity contribution in [1.82, 2.24) is 10.2 Å². The number of benzene rings is 2. The van der Waals surface area contributed by atoms with Gasteiger partial charge in [0.05, 0.1) is 20.3 Å². The van der Waals surface area contributed by atoms with Crippen molar-refractivity contribution < 1.29 is 14.3 Å². The number of rotatable bonds is 6. The lowest BCUT2D eigenvalue weighted by molar-refractivity contribution is -0.191. The summed E-state index contributed by atoms with van der Waals surface area (Å²) in [4.78, 5) is 14.5. The zero-order valence-corrected chi connectivity index (χ0v) is 15.5. The first-order chi connectivity index (χ1) is 13.1. The fourth-order valence-corrected chi connectivity index (χ4v) is 3.64. The molecule has 2 aliphatic heterocycles. The zero-order valence-electron chi connectivity index (χ0n) is 15.5. The van der Waals surface area contributed by atoms with E-state index in [1.165, 1.54) is 5.56 Å². The molecule has 0 aliphatic carbocycles. The molecule has 0 bridgehead atoms. The molecule has 27 heavy (non-hydrogen) atoms. The van der Waals surface area contributed by atoms with Crippen LogP contribution in [0.25, 0.3) is 0 Å². The lowest BCUT2D eigenvalue weighted by Gasteiger charge is -2.55. The third-order valence-electron chi connectivity index (χ3n) is 5.16. The molecular weight excluding hydrogens is 342 g/mol. The van der Waals surface area contributed by atoms with E-state index in [4.69, 9.17) is 9.47 Å². The first-order valence-corrected chi connectivity index (χ1v) is 9.21. The molecule has 4 rings (SSSR count). The maximum atomic E-state index is 12.1. The minimum absolute atomic E-state index is 0.215. The lowest BCUT2D eigenvalue weighted by Crippen LogP contribution is -2.65. The number of hydrogen-bond acceptors (Lipinski definition) is 4. The van der Waals surface area contributed by atoms with E-state index in [1.54, 1.807) is 7.11 Å². The molecule has 2 aromatic carbocycles. The molecule has 2 heterocycles. The molecule has 2 aromatic rings. The number of hydrogen-bond donors (Lipinski definition) is 2. The van der Waals surface area contributed by atoms with E-state index < -0.39 is 0 Å². The van der Waals surface area contributed by atoms with Gasteiger partial charge in [0.15, 0.2) is 0 Å². The molecule has 0 saturated carbocycles. The minimum Gasteiger partial charge on any atom is -0.497 e. The van der Waals surface area contributed by atoms with Gasteiger partial charge in [-0.3, -0.25) is 4.90 Å². The molecule has 142 valence electrons. The van der Waals surface area contributed by atoms with Gasteiger partial charge < -0.3 is 20.1 Å². The number of urea groups is 1. The van der Waals surface area contributed by atoms with Gasteiger partial charge in [-0.15, -0.1) is 0 Å². The Morgan fingerprint density at radius 3 is 2.33 bits per heavy atom. The number of amides is 2.